The van der Waals surface area contributed by atoms with Gasteiger partial charge in [0.15, 0.2) is 0 Å². The number of rotatable bonds is 4. The molecule has 1 aromatic heterocycles. The van der Waals surface area contributed by atoms with Gasteiger partial charge in [-0.05, 0) is 25.7 Å². The standard InChI is InChI=1S/C10H16N4O4S2/c1-6(15)11-9-12-13-10(19-9)20(17,18)14-7-2-4-8(16)5-3-7/h7-8,14,16H,2-5H2,1H3,(H,11,12,15). The van der Waals surface area contributed by atoms with E-state index >= 15 is 0 Å². The Morgan fingerprint density at radius 1 is 1.30 bits per heavy atom. The normalized spacial score (nSPS) is 23.5. The number of nitrogens with one attached hydrogen (secondary N) is 2. The summed E-state index contributed by atoms with van der Waals surface area (Å²) in [6.07, 6.45) is 2.01. The second-order valence-electron chi connectivity index (χ2n) is 4.68. The van der Waals surface area contributed by atoms with Crippen LogP contribution in [0.25, 0.3) is 0 Å². The fraction of sp³-hybridized carbons (Fsp3) is 0.700. The van der Waals surface area contributed by atoms with Crippen molar-refractivity contribution in [1.82, 2.24) is 14.9 Å². The van der Waals surface area contributed by atoms with E-state index < -0.39 is 10.0 Å². The number of aliphatic hydroxyl groups excluding tert-OH is 1. The molecule has 2 rings (SSSR count). The molecule has 0 saturated heterocycles. The third kappa shape index (κ3) is 3.95. The fourth-order valence-corrected chi connectivity index (χ4v) is 4.25. The number of nitrogens with zero attached hydrogens (tertiary/aromatic N) is 2. The molecule has 0 atom stereocenters. The first-order valence-corrected chi connectivity index (χ1v) is 8.48. The molecule has 10 heteroatoms. The Morgan fingerprint density at radius 3 is 2.55 bits per heavy atom. The highest BCUT2D eigenvalue weighted by Crippen LogP contribution is 2.23. The number of carbonyl (C=O) groups is 1. The summed E-state index contributed by atoms with van der Waals surface area (Å²) in [5.41, 5.74) is 0. The molecule has 1 aliphatic rings. The summed E-state index contributed by atoms with van der Waals surface area (Å²) in [4.78, 5) is 10.9. The smallest absolute Gasteiger partial charge is 0.270 e. The van der Waals surface area contributed by atoms with Crippen molar-refractivity contribution in [3.63, 3.8) is 0 Å². The van der Waals surface area contributed by atoms with E-state index in [1.165, 1.54) is 6.92 Å². The molecular weight excluding hydrogens is 304 g/mol. The summed E-state index contributed by atoms with van der Waals surface area (Å²) >= 11 is 0.803. The van der Waals surface area contributed by atoms with E-state index in [-0.39, 0.29) is 27.5 Å². The number of hydrogen-bond donors (Lipinski definition) is 3. The molecule has 112 valence electrons. The van der Waals surface area contributed by atoms with Crippen molar-refractivity contribution in [3.05, 3.63) is 0 Å². The Labute approximate surface area is 120 Å². The van der Waals surface area contributed by atoms with Crippen molar-refractivity contribution in [3.8, 4) is 0 Å². The Kier molecular flexibility index (Phi) is 4.68. The highest BCUT2D eigenvalue weighted by atomic mass is 32.2. The molecule has 0 aromatic carbocycles. The van der Waals surface area contributed by atoms with Gasteiger partial charge in [0, 0.05) is 13.0 Å². The minimum Gasteiger partial charge on any atom is -0.393 e. The van der Waals surface area contributed by atoms with Gasteiger partial charge in [-0.15, -0.1) is 10.2 Å². The third-order valence-corrected chi connectivity index (χ3v) is 5.66. The summed E-state index contributed by atoms with van der Waals surface area (Å²) in [7, 11) is -3.73. The Morgan fingerprint density at radius 2 is 1.95 bits per heavy atom. The van der Waals surface area contributed by atoms with Crippen LogP contribution in [0.1, 0.15) is 32.6 Å². The molecule has 1 amide bonds. The number of sulfonamides is 1. The molecule has 20 heavy (non-hydrogen) atoms. The molecule has 1 aliphatic carbocycles. The average molecular weight is 320 g/mol. The lowest BCUT2D eigenvalue weighted by atomic mass is 9.94. The highest BCUT2D eigenvalue weighted by molar-refractivity contribution is 7.91. The molecule has 3 N–H and O–H groups in total. The van der Waals surface area contributed by atoms with Gasteiger partial charge in [-0.2, -0.15) is 0 Å². The van der Waals surface area contributed by atoms with Gasteiger partial charge in [0.2, 0.25) is 15.4 Å². The average Bonchev–Trinajstić information content (AvgIpc) is 2.80. The molecule has 8 nitrogen and oxygen atoms in total. The van der Waals surface area contributed by atoms with Gasteiger partial charge in [0.25, 0.3) is 10.0 Å². The van der Waals surface area contributed by atoms with Crippen LogP contribution in [0.15, 0.2) is 4.34 Å². The van der Waals surface area contributed by atoms with Crippen LogP contribution < -0.4 is 10.0 Å². The number of carbonyl (C=O) groups excluding carboxylic acids is 1. The summed E-state index contributed by atoms with van der Waals surface area (Å²) in [5, 5.41) is 19.1. The second-order valence-corrected chi connectivity index (χ2v) is 7.55. The monoisotopic (exact) mass is 320 g/mol. The molecule has 0 radical (unpaired) electrons. The summed E-state index contributed by atoms with van der Waals surface area (Å²) < 4.78 is 26.6. The molecule has 1 fully saturated rings. The van der Waals surface area contributed by atoms with Crippen molar-refractivity contribution < 1.29 is 18.3 Å². The van der Waals surface area contributed by atoms with Gasteiger partial charge in [-0.3, -0.25) is 4.79 Å². The largest absolute Gasteiger partial charge is 0.393 e. The minimum atomic E-state index is -3.73. The maximum absolute atomic E-state index is 12.1. The van der Waals surface area contributed by atoms with Crippen LogP contribution in [-0.4, -0.2) is 41.8 Å². The first-order valence-electron chi connectivity index (χ1n) is 6.18. The first-order chi connectivity index (χ1) is 9.37. The molecule has 1 aromatic rings. The van der Waals surface area contributed by atoms with Crippen LogP contribution >= 0.6 is 11.3 Å². The lowest BCUT2D eigenvalue weighted by Crippen LogP contribution is -2.38. The van der Waals surface area contributed by atoms with Crippen LogP contribution in [-0.2, 0) is 14.8 Å². The topological polar surface area (TPSA) is 121 Å². The summed E-state index contributed by atoms with van der Waals surface area (Å²) in [6.45, 7) is 1.31. The van der Waals surface area contributed by atoms with E-state index in [4.69, 9.17) is 0 Å². The SMILES string of the molecule is CC(=O)Nc1nnc(S(=O)(=O)NC2CCC(O)CC2)s1. The van der Waals surface area contributed by atoms with Crippen molar-refractivity contribution in [2.75, 3.05) is 5.32 Å². The van der Waals surface area contributed by atoms with Crippen LogP contribution in [0, 0.1) is 0 Å². The van der Waals surface area contributed by atoms with Crippen molar-refractivity contribution in [2.45, 2.75) is 49.1 Å². The van der Waals surface area contributed by atoms with E-state index in [0.717, 1.165) is 11.3 Å². The molecule has 0 unspecified atom stereocenters. The van der Waals surface area contributed by atoms with Crippen LogP contribution in [0.3, 0.4) is 0 Å². The van der Waals surface area contributed by atoms with Gasteiger partial charge >= 0.3 is 0 Å². The van der Waals surface area contributed by atoms with E-state index in [1.807, 2.05) is 0 Å². The van der Waals surface area contributed by atoms with Gasteiger partial charge in [0.05, 0.1) is 6.10 Å². The molecule has 0 spiro atoms. The zero-order valence-electron chi connectivity index (χ0n) is 10.9. The van der Waals surface area contributed by atoms with Crippen LogP contribution in [0.2, 0.25) is 0 Å². The summed E-state index contributed by atoms with van der Waals surface area (Å²) in [6, 6.07) is -0.198. The maximum Gasteiger partial charge on any atom is 0.270 e. The van der Waals surface area contributed by atoms with Gasteiger partial charge in [0.1, 0.15) is 0 Å². The molecule has 1 heterocycles. The lowest BCUT2D eigenvalue weighted by Gasteiger charge is -2.25. The van der Waals surface area contributed by atoms with E-state index in [0.29, 0.717) is 25.7 Å². The lowest BCUT2D eigenvalue weighted by molar-refractivity contribution is -0.114. The minimum absolute atomic E-state index is 0.150. The predicted molar refractivity (Wildman–Crippen MR) is 72.8 cm³/mol. The van der Waals surface area contributed by atoms with Gasteiger partial charge in [-0.25, -0.2) is 13.1 Å². The van der Waals surface area contributed by atoms with Crippen LogP contribution in [0.5, 0.6) is 0 Å². The highest BCUT2D eigenvalue weighted by Gasteiger charge is 2.27. The van der Waals surface area contributed by atoms with E-state index in [1.54, 1.807) is 0 Å². The first kappa shape index (κ1) is 15.3. The number of anilines is 1. The zero-order chi connectivity index (χ0) is 14.8. The molecule has 0 bridgehead atoms. The van der Waals surface area contributed by atoms with Gasteiger partial charge in [-0.1, -0.05) is 11.3 Å². The van der Waals surface area contributed by atoms with Crippen molar-refractivity contribution >= 4 is 32.4 Å². The predicted octanol–water partition coefficient (Wildman–Crippen LogP) is 0.0783. The molecular formula is C10H16N4O4S2. The van der Waals surface area contributed by atoms with E-state index in [2.05, 4.69) is 20.2 Å². The van der Waals surface area contributed by atoms with Crippen molar-refractivity contribution in [1.29, 1.82) is 0 Å². The quantitative estimate of drug-likeness (QED) is 0.675. The number of amides is 1. The maximum atomic E-state index is 12.1. The van der Waals surface area contributed by atoms with Crippen LogP contribution in [0.4, 0.5) is 5.13 Å². The fourth-order valence-electron chi connectivity index (χ4n) is 1.98. The number of aromatic nitrogens is 2. The Balaban J connectivity index is 2.02. The van der Waals surface area contributed by atoms with Crippen molar-refractivity contribution in [2.24, 2.45) is 0 Å². The second kappa shape index (κ2) is 6.12. The number of aliphatic hydroxyl groups is 1. The summed E-state index contributed by atoms with van der Waals surface area (Å²) in [5.74, 6) is -0.334. The Hall–Kier alpha value is -1.10. The van der Waals surface area contributed by atoms with Gasteiger partial charge < -0.3 is 10.4 Å². The third-order valence-electron chi connectivity index (χ3n) is 2.94. The number of hydrogen-bond acceptors (Lipinski definition) is 7. The van der Waals surface area contributed by atoms with E-state index in [9.17, 15) is 18.3 Å². The molecule has 1 saturated carbocycles. The zero-order valence-corrected chi connectivity index (χ0v) is 12.5. The Bertz CT molecular complexity index is 578. The molecule has 0 aliphatic heterocycles.